The van der Waals surface area contributed by atoms with Gasteiger partial charge in [-0.15, -0.1) is 12.4 Å². The molecule has 0 radical (unpaired) electrons. The van der Waals surface area contributed by atoms with Gasteiger partial charge in [0.2, 0.25) is 5.91 Å². The van der Waals surface area contributed by atoms with Crippen molar-refractivity contribution >= 4 is 24.2 Å². The van der Waals surface area contributed by atoms with Crippen LogP contribution in [-0.2, 0) is 11.2 Å². The van der Waals surface area contributed by atoms with Crippen LogP contribution in [0.5, 0.6) is 0 Å². The first-order valence-electron chi connectivity index (χ1n) is 9.00. The summed E-state index contributed by atoms with van der Waals surface area (Å²) in [4.78, 5) is 28.9. The molecule has 1 aliphatic heterocycles. The van der Waals surface area contributed by atoms with E-state index >= 15 is 0 Å². The minimum Gasteiger partial charge on any atom is -0.338 e. The third-order valence-corrected chi connectivity index (χ3v) is 5.38. The minimum absolute atomic E-state index is 0. The summed E-state index contributed by atoms with van der Waals surface area (Å²) in [5, 5.41) is 0. The standard InChI is InChI=1S/C19H27N3O2.ClH/c1-2-15-5-7-16(8-6-15)17(23)21-11-13-22(14-12-21)18(24)19(20)9-3-4-10-19;/h5-8H,2-4,9-14,20H2,1H3;1H. The van der Waals surface area contributed by atoms with Crippen LogP contribution in [0.15, 0.2) is 24.3 Å². The van der Waals surface area contributed by atoms with E-state index in [-0.39, 0.29) is 24.2 Å². The summed E-state index contributed by atoms with van der Waals surface area (Å²) < 4.78 is 0. The van der Waals surface area contributed by atoms with Crippen molar-refractivity contribution in [2.24, 2.45) is 5.73 Å². The molecule has 0 unspecified atom stereocenters. The molecule has 1 aromatic rings. The van der Waals surface area contributed by atoms with Gasteiger partial charge in [0.15, 0.2) is 0 Å². The third kappa shape index (κ3) is 4.15. The van der Waals surface area contributed by atoms with Gasteiger partial charge in [-0.2, -0.15) is 0 Å². The van der Waals surface area contributed by atoms with Crippen molar-refractivity contribution in [2.45, 2.75) is 44.6 Å². The topological polar surface area (TPSA) is 66.6 Å². The Bertz CT molecular complexity index is 604. The second kappa shape index (κ2) is 8.19. The molecule has 2 fully saturated rings. The maximum atomic E-state index is 12.6. The molecule has 25 heavy (non-hydrogen) atoms. The van der Waals surface area contributed by atoms with E-state index in [1.165, 1.54) is 5.56 Å². The molecule has 5 nitrogen and oxygen atoms in total. The number of halogens is 1. The fourth-order valence-corrected chi connectivity index (χ4v) is 3.71. The van der Waals surface area contributed by atoms with E-state index in [0.29, 0.717) is 26.2 Å². The van der Waals surface area contributed by atoms with Crippen LogP contribution in [0.1, 0.15) is 48.5 Å². The van der Waals surface area contributed by atoms with Gasteiger partial charge in [-0.1, -0.05) is 31.9 Å². The van der Waals surface area contributed by atoms with E-state index in [1.807, 2.05) is 34.1 Å². The van der Waals surface area contributed by atoms with E-state index in [2.05, 4.69) is 6.92 Å². The quantitative estimate of drug-likeness (QED) is 0.893. The van der Waals surface area contributed by atoms with Gasteiger partial charge in [-0.3, -0.25) is 9.59 Å². The number of carbonyl (C=O) groups is 2. The number of amides is 2. The zero-order chi connectivity index (χ0) is 17.2. The average molecular weight is 366 g/mol. The van der Waals surface area contributed by atoms with Gasteiger partial charge in [0, 0.05) is 31.7 Å². The summed E-state index contributed by atoms with van der Waals surface area (Å²) in [6, 6.07) is 7.80. The molecule has 0 bridgehead atoms. The van der Waals surface area contributed by atoms with Crippen LogP contribution in [0.2, 0.25) is 0 Å². The first-order chi connectivity index (χ1) is 11.5. The largest absolute Gasteiger partial charge is 0.338 e. The maximum Gasteiger partial charge on any atom is 0.253 e. The van der Waals surface area contributed by atoms with Crippen molar-refractivity contribution in [3.05, 3.63) is 35.4 Å². The van der Waals surface area contributed by atoms with Crippen LogP contribution >= 0.6 is 12.4 Å². The second-order valence-electron chi connectivity index (χ2n) is 7.00. The highest BCUT2D eigenvalue weighted by Crippen LogP contribution is 2.29. The Labute approximate surface area is 155 Å². The number of carbonyl (C=O) groups excluding carboxylic acids is 2. The molecule has 0 aromatic heterocycles. The van der Waals surface area contributed by atoms with Gasteiger partial charge < -0.3 is 15.5 Å². The van der Waals surface area contributed by atoms with E-state index < -0.39 is 5.54 Å². The van der Waals surface area contributed by atoms with E-state index in [4.69, 9.17) is 5.73 Å². The number of rotatable bonds is 3. The Morgan fingerprint density at radius 1 is 1.00 bits per heavy atom. The highest BCUT2D eigenvalue weighted by Gasteiger charge is 2.40. The molecule has 1 saturated heterocycles. The van der Waals surface area contributed by atoms with Crippen LogP contribution < -0.4 is 5.73 Å². The number of hydrogen-bond acceptors (Lipinski definition) is 3. The lowest BCUT2D eigenvalue weighted by atomic mass is 9.97. The number of nitrogens with zero attached hydrogens (tertiary/aromatic N) is 2. The zero-order valence-electron chi connectivity index (χ0n) is 14.9. The van der Waals surface area contributed by atoms with Gasteiger partial charge in [0.1, 0.15) is 0 Å². The lowest BCUT2D eigenvalue weighted by Gasteiger charge is -2.38. The summed E-state index contributed by atoms with van der Waals surface area (Å²) in [6.45, 7) is 4.42. The molecule has 6 heteroatoms. The van der Waals surface area contributed by atoms with Crippen molar-refractivity contribution in [1.29, 1.82) is 0 Å². The Morgan fingerprint density at radius 2 is 1.52 bits per heavy atom. The normalized spacial score (nSPS) is 19.4. The van der Waals surface area contributed by atoms with Gasteiger partial charge >= 0.3 is 0 Å². The molecule has 0 spiro atoms. The molecule has 1 aliphatic carbocycles. The first-order valence-corrected chi connectivity index (χ1v) is 9.00. The van der Waals surface area contributed by atoms with Gasteiger partial charge in [0.05, 0.1) is 5.54 Å². The lowest BCUT2D eigenvalue weighted by molar-refractivity contribution is -0.138. The summed E-state index contributed by atoms with van der Waals surface area (Å²) in [5.74, 6) is 0.118. The SMILES string of the molecule is CCc1ccc(C(=O)N2CCN(C(=O)C3(N)CCCC3)CC2)cc1.Cl. The van der Waals surface area contributed by atoms with Crippen LogP contribution in [0.3, 0.4) is 0 Å². The maximum absolute atomic E-state index is 12.6. The predicted octanol–water partition coefficient (Wildman–Crippen LogP) is 2.23. The summed E-state index contributed by atoms with van der Waals surface area (Å²) >= 11 is 0. The molecule has 138 valence electrons. The number of nitrogens with two attached hydrogens (primary N) is 1. The van der Waals surface area contributed by atoms with Crippen LogP contribution in [-0.4, -0.2) is 53.3 Å². The fraction of sp³-hybridized carbons (Fsp3) is 0.579. The molecule has 1 aromatic carbocycles. The molecule has 2 aliphatic rings. The number of hydrogen-bond donors (Lipinski definition) is 1. The molecular weight excluding hydrogens is 338 g/mol. The first kappa shape index (κ1) is 19.7. The van der Waals surface area contributed by atoms with E-state index in [9.17, 15) is 9.59 Å². The number of piperazine rings is 1. The van der Waals surface area contributed by atoms with Crippen molar-refractivity contribution < 1.29 is 9.59 Å². The Balaban J connectivity index is 0.00000225. The number of benzene rings is 1. The Hall–Kier alpha value is -1.59. The Kier molecular flexibility index (Phi) is 6.47. The van der Waals surface area contributed by atoms with Crippen LogP contribution in [0.25, 0.3) is 0 Å². The molecule has 3 rings (SSSR count). The zero-order valence-corrected chi connectivity index (χ0v) is 15.7. The van der Waals surface area contributed by atoms with Crippen LogP contribution in [0.4, 0.5) is 0 Å². The fourth-order valence-electron chi connectivity index (χ4n) is 3.71. The summed E-state index contributed by atoms with van der Waals surface area (Å²) in [5.41, 5.74) is 7.56. The average Bonchev–Trinajstić information content (AvgIpc) is 3.08. The van der Waals surface area contributed by atoms with E-state index in [1.54, 1.807) is 0 Å². The van der Waals surface area contributed by atoms with Crippen molar-refractivity contribution in [3.63, 3.8) is 0 Å². The van der Waals surface area contributed by atoms with Crippen molar-refractivity contribution in [2.75, 3.05) is 26.2 Å². The third-order valence-electron chi connectivity index (χ3n) is 5.38. The lowest BCUT2D eigenvalue weighted by Crippen LogP contribution is -2.59. The predicted molar refractivity (Wildman–Crippen MR) is 101 cm³/mol. The molecule has 1 heterocycles. The van der Waals surface area contributed by atoms with Crippen LogP contribution in [0, 0.1) is 0 Å². The van der Waals surface area contributed by atoms with Crippen molar-refractivity contribution in [1.82, 2.24) is 9.80 Å². The summed E-state index contributed by atoms with van der Waals surface area (Å²) in [7, 11) is 0. The van der Waals surface area contributed by atoms with Gasteiger partial charge in [-0.25, -0.2) is 0 Å². The minimum atomic E-state index is -0.665. The molecule has 1 saturated carbocycles. The monoisotopic (exact) mass is 365 g/mol. The molecule has 2 N–H and O–H groups in total. The molecule has 2 amide bonds. The molecular formula is C19H28ClN3O2. The molecule has 0 atom stereocenters. The highest BCUT2D eigenvalue weighted by molar-refractivity contribution is 5.94. The van der Waals surface area contributed by atoms with Crippen molar-refractivity contribution in [3.8, 4) is 0 Å². The summed E-state index contributed by atoms with van der Waals surface area (Å²) in [6.07, 6.45) is 4.61. The highest BCUT2D eigenvalue weighted by atomic mass is 35.5. The number of aryl methyl sites for hydroxylation is 1. The smallest absolute Gasteiger partial charge is 0.253 e. The van der Waals surface area contributed by atoms with Gasteiger partial charge in [0.25, 0.3) is 5.91 Å². The van der Waals surface area contributed by atoms with Gasteiger partial charge in [-0.05, 0) is 37.0 Å². The second-order valence-corrected chi connectivity index (χ2v) is 7.00. The van der Waals surface area contributed by atoms with E-state index in [0.717, 1.165) is 37.7 Å². The Morgan fingerprint density at radius 3 is 2.04 bits per heavy atom.